The van der Waals surface area contributed by atoms with Gasteiger partial charge in [0.15, 0.2) is 0 Å². The minimum absolute atomic E-state index is 0.827. The third-order valence-electron chi connectivity index (χ3n) is 10.8. The van der Waals surface area contributed by atoms with Crippen LogP contribution in [0.1, 0.15) is 0 Å². The first-order valence-electron chi connectivity index (χ1n) is 17.5. The van der Waals surface area contributed by atoms with Gasteiger partial charge >= 0.3 is 0 Å². The highest BCUT2D eigenvalue weighted by atomic mass is 16.5. The van der Waals surface area contributed by atoms with Gasteiger partial charge in [0.25, 0.3) is 0 Å². The van der Waals surface area contributed by atoms with Gasteiger partial charge in [0.05, 0.1) is 14.2 Å². The Bertz CT molecular complexity index is 3020. The van der Waals surface area contributed by atoms with Gasteiger partial charge in [0.1, 0.15) is 33.8 Å². The number of fused-ring (bicyclic) bond motifs is 14. The molecule has 0 saturated heterocycles. The Balaban J connectivity index is 1.33. The summed E-state index contributed by atoms with van der Waals surface area (Å²) in [7, 11) is 3.40. The average Bonchev–Trinajstić information content (AvgIpc) is 3.78. The van der Waals surface area contributed by atoms with Crippen molar-refractivity contribution in [3.63, 3.8) is 0 Å². The predicted molar refractivity (Wildman–Crippen MR) is 215 cm³/mol. The molecule has 4 nitrogen and oxygen atoms in total. The van der Waals surface area contributed by atoms with Gasteiger partial charge in [-0.2, -0.15) is 0 Å². The van der Waals surface area contributed by atoms with Crippen molar-refractivity contribution >= 4 is 87.0 Å². The fourth-order valence-electron chi connectivity index (χ4n) is 8.35. The molecule has 0 bridgehead atoms. The maximum absolute atomic E-state index is 6.74. The second-order valence-corrected chi connectivity index (χ2v) is 13.5. The molecule has 0 aliphatic rings. The molecule has 0 unspecified atom stereocenters. The van der Waals surface area contributed by atoms with Crippen molar-refractivity contribution in [1.82, 2.24) is 0 Å². The molecule has 246 valence electrons. The van der Waals surface area contributed by atoms with E-state index in [4.69, 9.17) is 18.3 Å². The van der Waals surface area contributed by atoms with E-state index < -0.39 is 0 Å². The summed E-state index contributed by atoms with van der Waals surface area (Å²) in [6.45, 7) is 0. The fourth-order valence-corrected chi connectivity index (χ4v) is 8.35. The second kappa shape index (κ2) is 10.9. The molecule has 2 aromatic heterocycles. The zero-order chi connectivity index (χ0) is 34.5. The van der Waals surface area contributed by atoms with Crippen LogP contribution < -0.4 is 9.47 Å². The van der Waals surface area contributed by atoms with E-state index in [1.165, 1.54) is 0 Å². The first-order chi connectivity index (χ1) is 25.7. The van der Waals surface area contributed by atoms with Crippen molar-refractivity contribution in [2.45, 2.75) is 0 Å². The monoisotopic (exact) mass is 670 g/mol. The highest BCUT2D eigenvalue weighted by Crippen LogP contribution is 2.47. The van der Waals surface area contributed by atoms with E-state index in [2.05, 4.69) is 109 Å². The second-order valence-electron chi connectivity index (χ2n) is 13.5. The predicted octanol–water partition coefficient (Wildman–Crippen LogP) is 13.4. The molecule has 0 spiro atoms. The minimum Gasteiger partial charge on any atom is -0.497 e. The molecule has 0 fully saturated rings. The number of benzene rings is 9. The minimum atomic E-state index is 0.827. The van der Waals surface area contributed by atoms with Crippen molar-refractivity contribution < 1.29 is 18.3 Å². The summed E-state index contributed by atoms with van der Waals surface area (Å²) >= 11 is 0. The van der Waals surface area contributed by atoms with Crippen LogP contribution in [0.15, 0.2) is 154 Å². The number of hydrogen-bond donors (Lipinski definition) is 0. The van der Waals surface area contributed by atoms with E-state index in [0.717, 1.165) is 121 Å². The number of para-hydroxylation sites is 2. The number of rotatable bonds is 4. The molecule has 52 heavy (non-hydrogen) atoms. The molecule has 0 saturated carbocycles. The molecule has 11 aromatic rings. The van der Waals surface area contributed by atoms with E-state index in [1.54, 1.807) is 14.2 Å². The van der Waals surface area contributed by atoms with E-state index in [0.29, 0.717) is 0 Å². The third-order valence-corrected chi connectivity index (χ3v) is 10.8. The van der Waals surface area contributed by atoms with Crippen molar-refractivity contribution in [2.24, 2.45) is 0 Å². The lowest BCUT2D eigenvalue weighted by atomic mass is 9.87. The van der Waals surface area contributed by atoms with E-state index in [-0.39, 0.29) is 0 Å². The zero-order valence-corrected chi connectivity index (χ0v) is 28.5. The molecule has 0 radical (unpaired) electrons. The average molecular weight is 671 g/mol. The Hall–Kier alpha value is -6.78. The van der Waals surface area contributed by atoms with Crippen molar-refractivity contribution in [3.8, 4) is 33.8 Å². The van der Waals surface area contributed by atoms with Crippen LogP contribution in [0.2, 0.25) is 0 Å². The smallest absolute Gasteiger partial charge is 0.143 e. The number of hydrogen-bond acceptors (Lipinski definition) is 4. The quantitative estimate of drug-likeness (QED) is 0.138. The molecule has 0 aliphatic carbocycles. The largest absolute Gasteiger partial charge is 0.497 e. The topological polar surface area (TPSA) is 44.7 Å². The van der Waals surface area contributed by atoms with Gasteiger partial charge in [-0.3, -0.25) is 0 Å². The number of furan rings is 2. The summed E-state index contributed by atoms with van der Waals surface area (Å²) in [5, 5.41) is 13.5. The summed E-state index contributed by atoms with van der Waals surface area (Å²) in [4.78, 5) is 0. The fraction of sp³-hybridized carbons (Fsp3) is 0.0417. The van der Waals surface area contributed by atoms with Crippen molar-refractivity contribution in [1.29, 1.82) is 0 Å². The number of ether oxygens (including phenoxy) is 2. The normalized spacial score (nSPS) is 12.0. The Morgan fingerprint density at radius 1 is 0.365 bits per heavy atom. The lowest BCUT2D eigenvalue weighted by Gasteiger charge is -2.16. The van der Waals surface area contributed by atoms with Gasteiger partial charge in [-0.05, 0) is 127 Å². The molecule has 0 N–H and O–H groups in total. The van der Waals surface area contributed by atoms with Crippen LogP contribution in [0.25, 0.3) is 109 Å². The Morgan fingerprint density at radius 2 is 0.769 bits per heavy atom. The molecular weight excluding hydrogens is 641 g/mol. The summed E-state index contributed by atoms with van der Waals surface area (Å²) in [6.07, 6.45) is 0. The highest BCUT2D eigenvalue weighted by Gasteiger charge is 2.20. The van der Waals surface area contributed by atoms with Crippen LogP contribution in [0.3, 0.4) is 0 Å². The van der Waals surface area contributed by atoms with E-state index in [1.807, 2.05) is 36.4 Å². The van der Waals surface area contributed by atoms with Crippen LogP contribution >= 0.6 is 0 Å². The van der Waals surface area contributed by atoms with Gasteiger partial charge in [-0.15, -0.1) is 0 Å². The summed E-state index contributed by atoms with van der Waals surface area (Å²) in [5.74, 6) is 1.65. The molecule has 11 rings (SSSR count). The summed E-state index contributed by atoms with van der Waals surface area (Å²) in [5.41, 5.74) is 8.07. The first-order valence-corrected chi connectivity index (χ1v) is 17.5. The van der Waals surface area contributed by atoms with Crippen LogP contribution in [0.4, 0.5) is 0 Å². The third kappa shape index (κ3) is 4.09. The van der Waals surface area contributed by atoms with Gasteiger partial charge in [-0.1, -0.05) is 72.8 Å². The van der Waals surface area contributed by atoms with Gasteiger partial charge in [0.2, 0.25) is 0 Å². The van der Waals surface area contributed by atoms with Crippen LogP contribution in [-0.2, 0) is 0 Å². The van der Waals surface area contributed by atoms with Gasteiger partial charge < -0.3 is 18.3 Å². The maximum Gasteiger partial charge on any atom is 0.143 e. The van der Waals surface area contributed by atoms with Gasteiger partial charge in [-0.25, -0.2) is 0 Å². The molecular formula is C48H30O4. The highest BCUT2D eigenvalue weighted by molar-refractivity contribution is 6.31. The van der Waals surface area contributed by atoms with Crippen molar-refractivity contribution in [3.05, 3.63) is 146 Å². The van der Waals surface area contributed by atoms with E-state index in [9.17, 15) is 0 Å². The molecule has 0 atom stereocenters. The first kappa shape index (κ1) is 29.0. The van der Waals surface area contributed by atoms with Gasteiger partial charge in [0, 0.05) is 32.3 Å². The molecule has 9 aromatic carbocycles. The van der Waals surface area contributed by atoms with E-state index >= 15 is 0 Å². The SMILES string of the molecule is COc1ccc(-c2cc3cc4c(cc(-c5ccc(OC)cc5)c5ccc6c7ccccc7oc6c54)cc3c3c2ccc2c4ccccc4oc23)cc1. The van der Waals surface area contributed by atoms with Crippen LogP contribution in [-0.4, -0.2) is 14.2 Å². The lowest BCUT2D eigenvalue weighted by molar-refractivity contribution is 0.415. The lowest BCUT2D eigenvalue weighted by Crippen LogP contribution is -1.90. The standard InChI is InChI=1S/C48H30O4/c1-49-31-15-11-27(12-16-31)39-23-29-25-42-30(26-41(29)45-35(39)19-21-37-33-7-3-5-9-43(33)51-47(37)45)24-40(28-13-17-32(50-2)18-14-28)36-20-22-38-34-8-4-6-10-44(34)52-48(38)46(36)42/h3-26H,1-2H3. The summed E-state index contributed by atoms with van der Waals surface area (Å²) < 4.78 is 24.5. The summed E-state index contributed by atoms with van der Waals surface area (Å²) in [6, 6.07) is 51.5. The van der Waals surface area contributed by atoms with Crippen LogP contribution in [0, 0.1) is 0 Å². The Kier molecular flexibility index (Phi) is 6.06. The number of methoxy groups -OCH3 is 2. The van der Waals surface area contributed by atoms with Crippen molar-refractivity contribution in [2.75, 3.05) is 14.2 Å². The molecule has 2 heterocycles. The molecule has 0 amide bonds. The van der Waals surface area contributed by atoms with Crippen LogP contribution in [0.5, 0.6) is 11.5 Å². The maximum atomic E-state index is 6.74. The zero-order valence-electron chi connectivity index (χ0n) is 28.5. The molecule has 0 aliphatic heterocycles. The Labute approximate surface area is 298 Å². The molecule has 4 heteroatoms. The Morgan fingerprint density at radius 3 is 1.19 bits per heavy atom.